The van der Waals surface area contributed by atoms with E-state index < -0.39 is 0 Å². The maximum absolute atomic E-state index is 12.2. The standard InChI is InChI=1S/C14H19ClN2OS/c1-3-16-8-9-17-13(18)10(2)19-14(17)11-6-4-5-7-12(11)15/h4-7,10,14,16H,3,8-9H2,1-2H3/t10-,14+/m1/s1. The van der Waals surface area contributed by atoms with Gasteiger partial charge in [0.05, 0.1) is 5.25 Å². The summed E-state index contributed by atoms with van der Waals surface area (Å²) < 4.78 is 0. The molecule has 1 heterocycles. The van der Waals surface area contributed by atoms with E-state index in [0.29, 0.717) is 0 Å². The van der Waals surface area contributed by atoms with Gasteiger partial charge in [-0.15, -0.1) is 11.8 Å². The Labute approximate surface area is 123 Å². The molecule has 0 saturated carbocycles. The summed E-state index contributed by atoms with van der Waals surface area (Å²) in [6, 6.07) is 7.77. The van der Waals surface area contributed by atoms with Gasteiger partial charge in [0, 0.05) is 23.7 Å². The number of hydrogen-bond donors (Lipinski definition) is 1. The first-order chi connectivity index (χ1) is 9.15. The molecule has 1 amide bonds. The molecular weight excluding hydrogens is 280 g/mol. The third-order valence-electron chi connectivity index (χ3n) is 3.20. The SMILES string of the molecule is CCNCCN1C(=O)[C@@H](C)S[C@H]1c1ccccc1Cl. The second-order valence-corrected chi connectivity index (χ2v) is 6.37. The number of hydrogen-bond acceptors (Lipinski definition) is 3. The molecule has 104 valence electrons. The average molecular weight is 299 g/mol. The Bertz CT molecular complexity index is 455. The Morgan fingerprint density at radius 3 is 2.84 bits per heavy atom. The maximum Gasteiger partial charge on any atom is 0.236 e. The Hall–Kier alpha value is -0.710. The number of carbonyl (C=O) groups excluding carboxylic acids is 1. The van der Waals surface area contributed by atoms with Crippen LogP contribution >= 0.6 is 23.4 Å². The molecule has 1 aromatic rings. The van der Waals surface area contributed by atoms with Crippen molar-refractivity contribution in [3.05, 3.63) is 34.9 Å². The van der Waals surface area contributed by atoms with E-state index >= 15 is 0 Å². The highest BCUT2D eigenvalue weighted by Crippen LogP contribution is 2.44. The molecule has 19 heavy (non-hydrogen) atoms. The van der Waals surface area contributed by atoms with E-state index in [9.17, 15) is 4.79 Å². The summed E-state index contributed by atoms with van der Waals surface area (Å²) in [5.74, 6) is 0.202. The van der Waals surface area contributed by atoms with E-state index in [0.717, 1.165) is 30.2 Å². The van der Waals surface area contributed by atoms with Crippen molar-refractivity contribution in [3.8, 4) is 0 Å². The van der Waals surface area contributed by atoms with Gasteiger partial charge in [-0.05, 0) is 19.5 Å². The number of carbonyl (C=O) groups is 1. The fourth-order valence-electron chi connectivity index (χ4n) is 2.19. The first-order valence-electron chi connectivity index (χ1n) is 6.56. The molecule has 0 bridgehead atoms. The van der Waals surface area contributed by atoms with Crippen LogP contribution in [0.1, 0.15) is 24.8 Å². The predicted octanol–water partition coefficient (Wildman–Crippen LogP) is 2.91. The van der Waals surface area contributed by atoms with Crippen molar-refractivity contribution in [1.82, 2.24) is 10.2 Å². The van der Waals surface area contributed by atoms with Crippen LogP contribution in [-0.4, -0.2) is 35.7 Å². The van der Waals surface area contributed by atoms with Crippen LogP contribution in [0.25, 0.3) is 0 Å². The summed E-state index contributed by atoms with van der Waals surface area (Å²) in [6.45, 7) is 6.48. The van der Waals surface area contributed by atoms with E-state index in [2.05, 4.69) is 12.2 Å². The summed E-state index contributed by atoms with van der Waals surface area (Å²) in [7, 11) is 0. The molecule has 1 aliphatic heterocycles. The van der Waals surface area contributed by atoms with Crippen molar-refractivity contribution in [2.45, 2.75) is 24.5 Å². The highest BCUT2D eigenvalue weighted by atomic mass is 35.5. The topological polar surface area (TPSA) is 32.3 Å². The van der Waals surface area contributed by atoms with Gasteiger partial charge in [0.2, 0.25) is 5.91 Å². The molecule has 0 spiro atoms. The van der Waals surface area contributed by atoms with Gasteiger partial charge >= 0.3 is 0 Å². The van der Waals surface area contributed by atoms with Gasteiger partial charge in [0.25, 0.3) is 0 Å². The zero-order valence-electron chi connectivity index (χ0n) is 11.2. The summed E-state index contributed by atoms with van der Waals surface area (Å²) in [6.07, 6.45) is 0. The third kappa shape index (κ3) is 3.25. The smallest absolute Gasteiger partial charge is 0.236 e. The Kier molecular flexibility index (Phi) is 5.13. The zero-order chi connectivity index (χ0) is 13.8. The van der Waals surface area contributed by atoms with Gasteiger partial charge in [-0.3, -0.25) is 4.79 Å². The van der Waals surface area contributed by atoms with E-state index in [1.165, 1.54) is 0 Å². The van der Waals surface area contributed by atoms with Crippen LogP contribution in [0.4, 0.5) is 0 Å². The maximum atomic E-state index is 12.2. The number of rotatable bonds is 5. The van der Waals surface area contributed by atoms with Crippen LogP contribution in [0, 0.1) is 0 Å². The zero-order valence-corrected chi connectivity index (χ0v) is 12.8. The number of likely N-dealkylation sites (N-methyl/N-ethyl adjacent to an activating group) is 1. The van der Waals surface area contributed by atoms with Gasteiger partial charge < -0.3 is 10.2 Å². The van der Waals surface area contributed by atoms with Crippen molar-refractivity contribution in [3.63, 3.8) is 0 Å². The third-order valence-corrected chi connectivity index (χ3v) is 4.92. The number of nitrogens with zero attached hydrogens (tertiary/aromatic N) is 1. The monoisotopic (exact) mass is 298 g/mol. The average Bonchev–Trinajstić information content (AvgIpc) is 2.68. The molecule has 5 heteroatoms. The van der Waals surface area contributed by atoms with Crippen LogP contribution in [0.2, 0.25) is 5.02 Å². The summed E-state index contributed by atoms with van der Waals surface area (Å²) in [5, 5.41) is 4.03. The van der Waals surface area contributed by atoms with E-state index in [1.807, 2.05) is 36.1 Å². The normalized spacial score (nSPS) is 23.1. The van der Waals surface area contributed by atoms with Gasteiger partial charge in [-0.25, -0.2) is 0 Å². The minimum absolute atomic E-state index is 0.00268. The number of halogens is 1. The predicted molar refractivity (Wildman–Crippen MR) is 81.5 cm³/mol. The van der Waals surface area contributed by atoms with Crippen LogP contribution in [0.5, 0.6) is 0 Å². The lowest BCUT2D eigenvalue weighted by atomic mass is 10.2. The molecule has 1 N–H and O–H groups in total. The van der Waals surface area contributed by atoms with Crippen molar-refractivity contribution < 1.29 is 4.79 Å². The van der Waals surface area contributed by atoms with Gasteiger partial charge in [-0.1, -0.05) is 36.7 Å². The Morgan fingerprint density at radius 2 is 2.16 bits per heavy atom. The minimum atomic E-state index is 0.00268. The van der Waals surface area contributed by atoms with Crippen molar-refractivity contribution >= 4 is 29.3 Å². The second-order valence-electron chi connectivity index (χ2n) is 4.54. The molecule has 0 aromatic heterocycles. The van der Waals surface area contributed by atoms with Crippen molar-refractivity contribution in [2.24, 2.45) is 0 Å². The second kappa shape index (κ2) is 6.64. The highest BCUT2D eigenvalue weighted by molar-refractivity contribution is 8.01. The van der Waals surface area contributed by atoms with E-state index in [4.69, 9.17) is 11.6 Å². The fraction of sp³-hybridized carbons (Fsp3) is 0.500. The lowest BCUT2D eigenvalue weighted by molar-refractivity contribution is -0.129. The summed E-state index contributed by atoms with van der Waals surface area (Å²) >= 11 is 7.93. The Morgan fingerprint density at radius 1 is 1.42 bits per heavy atom. The summed E-state index contributed by atoms with van der Waals surface area (Å²) in [5.41, 5.74) is 1.03. The molecule has 0 radical (unpaired) electrons. The largest absolute Gasteiger partial charge is 0.324 e. The number of nitrogens with one attached hydrogen (secondary N) is 1. The number of thioether (sulfide) groups is 1. The van der Waals surface area contributed by atoms with E-state index in [-0.39, 0.29) is 16.5 Å². The van der Waals surface area contributed by atoms with E-state index in [1.54, 1.807) is 11.8 Å². The van der Waals surface area contributed by atoms with Gasteiger partial charge in [0.1, 0.15) is 5.37 Å². The minimum Gasteiger partial charge on any atom is -0.324 e. The number of amides is 1. The molecule has 0 unspecified atom stereocenters. The molecular formula is C14H19ClN2OS. The van der Waals surface area contributed by atoms with Crippen LogP contribution in [-0.2, 0) is 4.79 Å². The van der Waals surface area contributed by atoms with Crippen LogP contribution in [0.3, 0.4) is 0 Å². The fourth-order valence-corrected chi connectivity index (χ4v) is 3.85. The van der Waals surface area contributed by atoms with Gasteiger partial charge in [0.15, 0.2) is 0 Å². The first-order valence-corrected chi connectivity index (χ1v) is 7.88. The molecule has 1 fully saturated rings. The van der Waals surface area contributed by atoms with Crippen molar-refractivity contribution in [1.29, 1.82) is 0 Å². The first kappa shape index (κ1) is 14.7. The Balaban J connectivity index is 2.17. The van der Waals surface area contributed by atoms with Gasteiger partial charge in [-0.2, -0.15) is 0 Å². The lowest BCUT2D eigenvalue weighted by Crippen LogP contribution is -2.36. The molecule has 2 atom stereocenters. The quantitative estimate of drug-likeness (QED) is 0.848. The number of benzene rings is 1. The highest BCUT2D eigenvalue weighted by Gasteiger charge is 2.38. The molecule has 3 nitrogen and oxygen atoms in total. The molecule has 2 rings (SSSR count). The van der Waals surface area contributed by atoms with Crippen molar-refractivity contribution in [2.75, 3.05) is 19.6 Å². The molecule has 1 saturated heterocycles. The van der Waals surface area contributed by atoms with Crippen LogP contribution < -0.4 is 5.32 Å². The molecule has 1 aliphatic rings. The van der Waals surface area contributed by atoms with Crippen LogP contribution in [0.15, 0.2) is 24.3 Å². The molecule has 1 aromatic carbocycles. The molecule has 0 aliphatic carbocycles. The lowest BCUT2D eigenvalue weighted by Gasteiger charge is -2.25. The summed E-state index contributed by atoms with van der Waals surface area (Å²) in [4.78, 5) is 14.2.